The number of imide groups is 1. The van der Waals surface area contributed by atoms with Crippen LogP contribution in [0.5, 0.6) is 0 Å². The molecule has 0 aromatic heterocycles. The fourth-order valence-electron chi connectivity index (χ4n) is 5.45. The molecule has 1 aliphatic rings. The number of amides is 4. The second-order valence-corrected chi connectivity index (χ2v) is 12.9. The van der Waals surface area contributed by atoms with E-state index in [0.717, 1.165) is 20.7 Å². The van der Waals surface area contributed by atoms with Gasteiger partial charge in [-0.25, -0.2) is 15.0 Å². The number of benzene rings is 4. The van der Waals surface area contributed by atoms with Gasteiger partial charge in [0.05, 0.1) is 6.54 Å². The Labute approximate surface area is 262 Å². The van der Waals surface area contributed by atoms with E-state index in [4.69, 9.17) is 9.47 Å². The maximum atomic E-state index is 15.2. The average molecular weight is 608 g/mol. The van der Waals surface area contributed by atoms with Crippen LogP contribution in [0.3, 0.4) is 0 Å². The molecule has 9 nitrogen and oxygen atoms in total. The Morgan fingerprint density at radius 2 is 1.36 bits per heavy atom. The molecule has 9 heteroatoms. The zero-order valence-corrected chi connectivity index (χ0v) is 26.3. The largest absolute Gasteiger partial charge is 0.443 e. The van der Waals surface area contributed by atoms with Crippen LogP contribution in [0.4, 0.5) is 9.59 Å². The summed E-state index contributed by atoms with van der Waals surface area (Å²) in [6.07, 6.45) is -2.00. The normalized spacial score (nSPS) is 16.6. The minimum absolute atomic E-state index is 0.0727. The number of hydrogen-bond acceptors (Lipinski definition) is 6. The molecule has 0 radical (unpaired) electrons. The standard InChI is InChI=1S/C36H37N3O6/c1-34(2,3)44-32(42)37-39(33(43)45-35(4,5)6)36(27-21-20-25-16-10-11-17-26(25)22-27)29-19-13-12-18-28(29)30(40)38(31(36)41)23-24-14-8-7-9-15-24/h7-22H,23H2,1-6H3,(H,37,42). The number of nitrogens with one attached hydrogen (secondary N) is 1. The van der Waals surface area contributed by atoms with Crippen molar-refractivity contribution in [2.24, 2.45) is 0 Å². The van der Waals surface area contributed by atoms with Crippen LogP contribution in [0.1, 0.15) is 68.6 Å². The van der Waals surface area contributed by atoms with Gasteiger partial charge in [0, 0.05) is 11.1 Å². The summed E-state index contributed by atoms with van der Waals surface area (Å²) in [6, 6.07) is 28.6. The van der Waals surface area contributed by atoms with Gasteiger partial charge in [0.2, 0.25) is 0 Å². The van der Waals surface area contributed by atoms with E-state index < -0.39 is 40.7 Å². The van der Waals surface area contributed by atoms with Crippen LogP contribution >= 0.6 is 0 Å². The number of carbonyl (C=O) groups is 4. The topological polar surface area (TPSA) is 105 Å². The molecule has 1 aliphatic heterocycles. The highest BCUT2D eigenvalue weighted by molar-refractivity contribution is 6.15. The molecule has 1 N–H and O–H groups in total. The first-order valence-electron chi connectivity index (χ1n) is 14.7. The Balaban J connectivity index is 1.84. The summed E-state index contributed by atoms with van der Waals surface area (Å²) in [5.74, 6) is -1.27. The highest BCUT2D eigenvalue weighted by Gasteiger charge is 2.59. The van der Waals surface area contributed by atoms with Gasteiger partial charge in [0.1, 0.15) is 11.2 Å². The Morgan fingerprint density at radius 3 is 2.02 bits per heavy atom. The Kier molecular flexibility index (Phi) is 8.14. The first-order chi connectivity index (χ1) is 21.2. The lowest BCUT2D eigenvalue weighted by Crippen LogP contribution is -2.68. The highest BCUT2D eigenvalue weighted by Crippen LogP contribution is 2.44. The number of carbonyl (C=O) groups excluding carboxylic acids is 4. The van der Waals surface area contributed by atoms with E-state index in [1.807, 2.05) is 60.7 Å². The first kappa shape index (κ1) is 31.3. The van der Waals surface area contributed by atoms with Crippen molar-refractivity contribution in [3.8, 4) is 0 Å². The molecular weight excluding hydrogens is 570 g/mol. The molecule has 1 atom stereocenters. The zero-order valence-electron chi connectivity index (χ0n) is 26.3. The predicted octanol–water partition coefficient (Wildman–Crippen LogP) is 6.94. The van der Waals surface area contributed by atoms with Crippen molar-refractivity contribution >= 4 is 34.8 Å². The lowest BCUT2D eigenvalue weighted by molar-refractivity contribution is -0.143. The van der Waals surface area contributed by atoms with E-state index >= 15 is 4.79 Å². The van der Waals surface area contributed by atoms with Crippen molar-refractivity contribution in [3.63, 3.8) is 0 Å². The summed E-state index contributed by atoms with van der Waals surface area (Å²) in [4.78, 5) is 58.1. The van der Waals surface area contributed by atoms with Crippen molar-refractivity contribution in [2.45, 2.75) is 64.8 Å². The van der Waals surface area contributed by atoms with Crippen molar-refractivity contribution in [3.05, 3.63) is 119 Å². The summed E-state index contributed by atoms with van der Waals surface area (Å²) in [6.45, 7) is 10.0. The van der Waals surface area contributed by atoms with Gasteiger partial charge >= 0.3 is 12.2 Å². The van der Waals surface area contributed by atoms with Gasteiger partial charge in [-0.15, -0.1) is 0 Å². The quantitative estimate of drug-likeness (QED) is 0.199. The molecule has 45 heavy (non-hydrogen) atoms. The molecule has 232 valence electrons. The molecule has 0 fully saturated rings. The van der Waals surface area contributed by atoms with E-state index in [-0.39, 0.29) is 17.7 Å². The average Bonchev–Trinajstić information content (AvgIpc) is 2.97. The van der Waals surface area contributed by atoms with Crippen LogP contribution in [0.15, 0.2) is 97.1 Å². The molecule has 0 bridgehead atoms. The predicted molar refractivity (Wildman–Crippen MR) is 170 cm³/mol. The highest BCUT2D eigenvalue weighted by atomic mass is 16.6. The fraction of sp³-hybridized carbons (Fsp3) is 0.278. The van der Waals surface area contributed by atoms with Crippen molar-refractivity contribution in [1.82, 2.24) is 15.3 Å². The number of rotatable bonds is 4. The summed E-state index contributed by atoms with van der Waals surface area (Å²) in [5.41, 5.74) is -0.00552. The van der Waals surface area contributed by atoms with Crippen molar-refractivity contribution in [2.75, 3.05) is 0 Å². The van der Waals surface area contributed by atoms with E-state index in [1.165, 1.54) is 0 Å². The molecule has 0 saturated heterocycles. The number of nitrogens with zero attached hydrogens (tertiary/aromatic N) is 2. The number of hydrazine groups is 1. The van der Waals surface area contributed by atoms with E-state index in [9.17, 15) is 14.4 Å². The van der Waals surface area contributed by atoms with Gasteiger partial charge in [-0.05, 0) is 75.6 Å². The monoisotopic (exact) mass is 607 g/mol. The third-order valence-electron chi connectivity index (χ3n) is 7.21. The lowest BCUT2D eigenvalue weighted by atomic mass is 9.75. The molecule has 0 aliphatic carbocycles. The molecule has 1 unspecified atom stereocenters. The molecule has 4 amide bonds. The molecular formula is C36H37N3O6. The van der Waals surface area contributed by atoms with Crippen molar-refractivity contribution < 1.29 is 28.7 Å². The lowest BCUT2D eigenvalue weighted by Gasteiger charge is -2.47. The van der Waals surface area contributed by atoms with Gasteiger partial charge < -0.3 is 9.47 Å². The Hall–Kier alpha value is -5.18. The third kappa shape index (κ3) is 6.24. The molecule has 0 spiro atoms. The Bertz CT molecular complexity index is 1770. The van der Waals surface area contributed by atoms with Crippen molar-refractivity contribution in [1.29, 1.82) is 0 Å². The summed E-state index contributed by atoms with van der Waals surface area (Å²) in [7, 11) is 0. The van der Waals surface area contributed by atoms with E-state index in [1.54, 1.807) is 77.9 Å². The summed E-state index contributed by atoms with van der Waals surface area (Å²) in [5, 5.41) is 2.56. The maximum absolute atomic E-state index is 15.2. The van der Waals surface area contributed by atoms with Gasteiger partial charge in [-0.3, -0.25) is 14.5 Å². The minimum atomic E-state index is -2.08. The summed E-state index contributed by atoms with van der Waals surface area (Å²) >= 11 is 0. The third-order valence-corrected chi connectivity index (χ3v) is 7.21. The fourth-order valence-corrected chi connectivity index (χ4v) is 5.45. The maximum Gasteiger partial charge on any atom is 0.431 e. The zero-order chi connectivity index (χ0) is 32.6. The SMILES string of the molecule is CC(C)(C)OC(=O)NN(C(=O)OC(C)(C)C)C1(c2ccc3ccccc3c2)C(=O)N(Cc2ccccc2)C(=O)c2ccccc21. The number of ether oxygens (including phenoxy) is 2. The number of fused-ring (bicyclic) bond motifs is 2. The minimum Gasteiger partial charge on any atom is -0.443 e. The van der Waals surface area contributed by atoms with Gasteiger partial charge in [0.25, 0.3) is 11.8 Å². The van der Waals surface area contributed by atoms with Crippen LogP contribution in [-0.2, 0) is 26.4 Å². The summed E-state index contributed by atoms with van der Waals surface area (Å²) < 4.78 is 11.4. The second kappa shape index (κ2) is 11.7. The number of hydrogen-bond donors (Lipinski definition) is 1. The molecule has 4 aromatic rings. The van der Waals surface area contributed by atoms with Gasteiger partial charge in [-0.1, -0.05) is 84.9 Å². The van der Waals surface area contributed by atoms with Gasteiger partial charge in [0.15, 0.2) is 5.54 Å². The van der Waals surface area contributed by atoms with Crippen LogP contribution < -0.4 is 5.43 Å². The van der Waals surface area contributed by atoms with E-state index in [2.05, 4.69) is 5.43 Å². The molecule has 1 heterocycles. The van der Waals surface area contributed by atoms with Crippen LogP contribution in [-0.4, -0.2) is 45.1 Å². The Morgan fingerprint density at radius 1 is 0.756 bits per heavy atom. The van der Waals surface area contributed by atoms with Gasteiger partial charge in [-0.2, -0.15) is 5.01 Å². The smallest absolute Gasteiger partial charge is 0.431 e. The van der Waals surface area contributed by atoms with Crippen LogP contribution in [0.2, 0.25) is 0 Å². The molecule has 5 rings (SSSR count). The molecule has 4 aromatic carbocycles. The molecule has 0 saturated carbocycles. The second-order valence-electron chi connectivity index (χ2n) is 12.9. The van der Waals surface area contributed by atoms with E-state index in [0.29, 0.717) is 11.1 Å². The van der Waals surface area contributed by atoms with Crippen LogP contribution in [0.25, 0.3) is 10.8 Å². The first-order valence-corrected chi connectivity index (χ1v) is 14.7. The van der Waals surface area contributed by atoms with Crippen LogP contribution in [0, 0.1) is 0 Å².